The van der Waals surface area contributed by atoms with Gasteiger partial charge in [-0.3, -0.25) is 9.78 Å². The van der Waals surface area contributed by atoms with Crippen LogP contribution in [0.15, 0.2) is 34.7 Å². The summed E-state index contributed by atoms with van der Waals surface area (Å²) >= 11 is 1.28. The van der Waals surface area contributed by atoms with Crippen LogP contribution in [0.25, 0.3) is 0 Å². The molecule has 1 aliphatic rings. The average molecular weight is 351 g/mol. The first-order valence-corrected chi connectivity index (χ1v) is 9.52. The van der Waals surface area contributed by atoms with E-state index in [1.165, 1.54) is 18.3 Å². The number of fused-ring (bicyclic) bond motifs is 1. The summed E-state index contributed by atoms with van der Waals surface area (Å²) in [5, 5.41) is 0. The molecule has 0 atom stereocenters. The van der Waals surface area contributed by atoms with E-state index in [0.717, 1.165) is 10.4 Å². The van der Waals surface area contributed by atoms with E-state index in [1.54, 1.807) is 29.3 Å². The normalized spacial score (nSPS) is 14.6. The van der Waals surface area contributed by atoms with Gasteiger partial charge in [-0.1, -0.05) is 6.07 Å². The minimum atomic E-state index is -3.57. The van der Waals surface area contributed by atoms with Crippen molar-refractivity contribution < 1.29 is 13.2 Å². The van der Waals surface area contributed by atoms with E-state index in [9.17, 15) is 13.2 Å². The average Bonchev–Trinajstić information content (AvgIpc) is 2.98. The van der Waals surface area contributed by atoms with Crippen LogP contribution in [0.3, 0.4) is 0 Å². The fourth-order valence-corrected chi connectivity index (χ4v) is 5.04. The fourth-order valence-electron chi connectivity index (χ4n) is 2.45. The van der Waals surface area contributed by atoms with E-state index in [1.807, 2.05) is 6.07 Å². The van der Waals surface area contributed by atoms with Gasteiger partial charge in [-0.2, -0.15) is 0 Å². The Labute approximate surface area is 139 Å². The number of thiophene rings is 1. The van der Waals surface area contributed by atoms with Crippen LogP contribution in [0.1, 0.15) is 23.1 Å². The number of carbonyl (C=O) groups is 1. The fraction of sp³-hybridized carbons (Fsp3) is 0.333. The summed E-state index contributed by atoms with van der Waals surface area (Å²) in [4.78, 5) is 18.3. The summed E-state index contributed by atoms with van der Waals surface area (Å²) < 4.78 is 27.7. The molecule has 8 heteroatoms. The molecule has 0 aliphatic carbocycles. The van der Waals surface area contributed by atoms with Crippen molar-refractivity contribution in [3.05, 3.63) is 46.6 Å². The predicted octanol–water partition coefficient (Wildman–Crippen LogP) is 1.53. The van der Waals surface area contributed by atoms with Crippen molar-refractivity contribution in [2.75, 3.05) is 6.54 Å². The van der Waals surface area contributed by atoms with Gasteiger partial charge in [0.05, 0.1) is 12.2 Å². The van der Waals surface area contributed by atoms with Gasteiger partial charge in [0.15, 0.2) is 0 Å². The monoisotopic (exact) mass is 351 g/mol. The Balaban J connectivity index is 1.75. The second-order valence-electron chi connectivity index (χ2n) is 5.35. The molecular formula is C15H17N3O3S2. The first-order valence-electron chi connectivity index (χ1n) is 7.22. The molecule has 1 aliphatic heterocycles. The number of nitrogens with zero attached hydrogens (tertiary/aromatic N) is 2. The summed E-state index contributed by atoms with van der Waals surface area (Å²) in [6, 6.07) is 7.05. The topological polar surface area (TPSA) is 79.4 Å². The molecule has 6 nitrogen and oxygen atoms in total. The maximum absolute atomic E-state index is 12.4. The molecule has 0 saturated carbocycles. The first kappa shape index (κ1) is 16.1. The third-order valence-electron chi connectivity index (χ3n) is 3.72. The Morgan fingerprint density at radius 3 is 2.96 bits per heavy atom. The molecule has 0 saturated heterocycles. The lowest BCUT2D eigenvalue weighted by Gasteiger charge is -2.25. The van der Waals surface area contributed by atoms with Crippen LogP contribution in [-0.2, 0) is 34.3 Å². The third kappa shape index (κ3) is 3.60. The Morgan fingerprint density at radius 1 is 1.43 bits per heavy atom. The molecule has 2 aromatic rings. The van der Waals surface area contributed by atoms with Gasteiger partial charge in [-0.25, -0.2) is 13.1 Å². The number of amides is 1. The van der Waals surface area contributed by atoms with Gasteiger partial charge in [0.25, 0.3) is 0 Å². The molecule has 0 fully saturated rings. The number of pyridine rings is 1. The van der Waals surface area contributed by atoms with Crippen molar-refractivity contribution in [1.82, 2.24) is 14.6 Å². The maximum Gasteiger partial charge on any atom is 0.250 e. The van der Waals surface area contributed by atoms with Gasteiger partial charge >= 0.3 is 0 Å². The van der Waals surface area contributed by atoms with Crippen LogP contribution in [-0.4, -0.2) is 30.8 Å². The summed E-state index contributed by atoms with van der Waals surface area (Å²) in [7, 11) is -3.57. The third-order valence-corrected chi connectivity index (χ3v) is 6.84. The Hall–Kier alpha value is -1.77. The van der Waals surface area contributed by atoms with Gasteiger partial charge in [-0.15, -0.1) is 11.3 Å². The lowest BCUT2D eigenvalue weighted by molar-refractivity contribution is -0.129. The molecule has 3 heterocycles. The minimum absolute atomic E-state index is 0.0135. The smallest absolute Gasteiger partial charge is 0.250 e. The van der Waals surface area contributed by atoms with Gasteiger partial charge in [0.2, 0.25) is 15.9 Å². The highest BCUT2D eigenvalue weighted by Crippen LogP contribution is 2.31. The second kappa shape index (κ2) is 6.38. The number of nitrogens with one attached hydrogen (secondary N) is 1. The molecule has 3 rings (SSSR count). The number of aromatic nitrogens is 1. The van der Waals surface area contributed by atoms with E-state index in [4.69, 9.17) is 0 Å². The molecule has 1 N–H and O–H groups in total. The van der Waals surface area contributed by atoms with Gasteiger partial charge in [0, 0.05) is 31.1 Å². The highest BCUT2D eigenvalue weighted by molar-refractivity contribution is 7.91. The minimum Gasteiger partial charge on any atom is -0.338 e. The molecule has 2 aromatic heterocycles. The largest absolute Gasteiger partial charge is 0.338 e. The molecule has 0 aromatic carbocycles. The van der Waals surface area contributed by atoms with E-state index in [0.29, 0.717) is 29.4 Å². The van der Waals surface area contributed by atoms with E-state index >= 15 is 0 Å². The number of rotatable bonds is 4. The van der Waals surface area contributed by atoms with Crippen molar-refractivity contribution in [3.8, 4) is 0 Å². The van der Waals surface area contributed by atoms with Crippen molar-refractivity contribution >= 4 is 27.3 Å². The summed E-state index contributed by atoms with van der Waals surface area (Å²) in [5.74, 6) is 0.0135. The maximum atomic E-state index is 12.4. The zero-order chi connectivity index (χ0) is 16.4. The number of hydrogen-bond donors (Lipinski definition) is 1. The SMILES string of the molecule is CC(=O)N1CCc2sc(S(=O)(=O)NCc3ccccn3)cc2C1. The highest BCUT2D eigenvalue weighted by Gasteiger charge is 2.25. The van der Waals surface area contributed by atoms with E-state index < -0.39 is 10.0 Å². The van der Waals surface area contributed by atoms with Crippen molar-refractivity contribution in [2.24, 2.45) is 0 Å². The zero-order valence-corrected chi connectivity index (χ0v) is 14.3. The van der Waals surface area contributed by atoms with Crippen LogP contribution >= 0.6 is 11.3 Å². The van der Waals surface area contributed by atoms with Crippen molar-refractivity contribution in [3.63, 3.8) is 0 Å². The van der Waals surface area contributed by atoms with E-state index in [2.05, 4.69) is 9.71 Å². The second-order valence-corrected chi connectivity index (χ2v) is 8.48. The highest BCUT2D eigenvalue weighted by atomic mass is 32.2. The molecule has 23 heavy (non-hydrogen) atoms. The number of carbonyl (C=O) groups excluding carboxylic acids is 1. The van der Waals surface area contributed by atoms with Gasteiger partial charge in [0.1, 0.15) is 4.21 Å². The molecule has 0 spiro atoms. The lowest BCUT2D eigenvalue weighted by Crippen LogP contribution is -2.33. The van der Waals surface area contributed by atoms with Gasteiger partial charge < -0.3 is 4.90 Å². The molecular weight excluding hydrogens is 334 g/mol. The quantitative estimate of drug-likeness (QED) is 0.906. The van der Waals surface area contributed by atoms with Crippen molar-refractivity contribution in [1.29, 1.82) is 0 Å². The zero-order valence-electron chi connectivity index (χ0n) is 12.7. The predicted molar refractivity (Wildman–Crippen MR) is 87.4 cm³/mol. The molecule has 0 unspecified atom stereocenters. The molecule has 0 radical (unpaired) electrons. The Bertz CT molecular complexity index is 816. The lowest BCUT2D eigenvalue weighted by atomic mass is 10.1. The molecule has 122 valence electrons. The van der Waals surface area contributed by atoms with Crippen LogP contribution in [0.2, 0.25) is 0 Å². The summed E-state index contributed by atoms with van der Waals surface area (Å²) in [6.07, 6.45) is 2.33. The molecule has 1 amide bonds. The van der Waals surface area contributed by atoms with Crippen molar-refractivity contribution in [2.45, 2.75) is 30.6 Å². The van der Waals surface area contributed by atoms with Crippen LogP contribution in [0, 0.1) is 0 Å². The summed E-state index contributed by atoms with van der Waals surface area (Å²) in [5.41, 5.74) is 1.59. The number of sulfonamides is 1. The number of hydrogen-bond acceptors (Lipinski definition) is 5. The van der Waals surface area contributed by atoms with Crippen LogP contribution in [0.5, 0.6) is 0 Å². The summed E-state index contributed by atoms with van der Waals surface area (Å²) in [6.45, 7) is 2.81. The first-order chi connectivity index (χ1) is 11.0. The Morgan fingerprint density at radius 2 is 2.26 bits per heavy atom. The van der Waals surface area contributed by atoms with Gasteiger partial charge in [-0.05, 0) is 30.2 Å². The van der Waals surface area contributed by atoms with Crippen LogP contribution < -0.4 is 4.72 Å². The molecule has 0 bridgehead atoms. The Kier molecular flexibility index (Phi) is 4.47. The van der Waals surface area contributed by atoms with Crippen LogP contribution in [0.4, 0.5) is 0 Å². The standard InChI is InChI=1S/C15H17N3O3S2/c1-11(19)18-7-5-14-12(10-18)8-15(22-14)23(20,21)17-9-13-4-2-3-6-16-13/h2-4,6,8,17H,5,7,9-10H2,1H3. The van der Waals surface area contributed by atoms with E-state index in [-0.39, 0.29) is 12.5 Å².